The second-order valence-electron chi connectivity index (χ2n) is 2.75. The second-order valence-corrected chi connectivity index (χ2v) is 3.18. The molecule has 1 aliphatic rings. The molecule has 0 atom stereocenters. The molecule has 0 N–H and O–H groups in total. The van der Waals surface area contributed by atoms with E-state index in [-0.39, 0.29) is 0 Å². The van der Waals surface area contributed by atoms with Gasteiger partial charge >= 0.3 is 0 Å². The summed E-state index contributed by atoms with van der Waals surface area (Å²) < 4.78 is 10.8. The average molecular weight is 185 g/mol. The van der Waals surface area contributed by atoms with E-state index in [4.69, 9.17) is 21.1 Å². The van der Waals surface area contributed by atoms with Crippen molar-refractivity contribution in [3.05, 3.63) is 22.7 Å². The monoisotopic (exact) mass is 184 g/mol. The molecule has 0 unspecified atom stereocenters. The summed E-state index contributed by atoms with van der Waals surface area (Å²) in [5, 5.41) is 0.691. The third-order valence-corrected chi connectivity index (χ3v) is 2.01. The van der Waals surface area contributed by atoms with Gasteiger partial charge in [0.15, 0.2) is 11.5 Å². The minimum absolute atomic E-state index is 0.604. The number of hydrogen-bond acceptors (Lipinski definition) is 2. The molecule has 0 aliphatic carbocycles. The van der Waals surface area contributed by atoms with E-state index < -0.39 is 0 Å². The number of ether oxygens (including phenoxy) is 2. The predicted octanol–water partition coefficient (Wildman–Crippen LogP) is 2.42. The summed E-state index contributed by atoms with van der Waals surface area (Å²) >= 11 is 5.85. The number of benzene rings is 1. The summed E-state index contributed by atoms with van der Waals surface area (Å²) in [6.45, 7) is 3.18. The van der Waals surface area contributed by atoms with E-state index in [0.717, 1.165) is 17.1 Å². The van der Waals surface area contributed by atoms with Gasteiger partial charge in [0.25, 0.3) is 0 Å². The molecule has 0 saturated heterocycles. The number of halogens is 1. The number of fused-ring (bicyclic) bond motifs is 1. The molecular weight excluding hydrogens is 176 g/mol. The van der Waals surface area contributed by atoms with Gasteiger partial charge in [-0.1, -0.05) is 11.6 Å². The Morgan fingerprint density at radius 1 is 1.25 bits per heavy atom. The van der Waals surface area contributed by atoms with E-state index >= 15 is 0 Å². The van der Waals surface area contributed by atoms with Crippen LogP contribution in [0, 0.1) is 6.92 Å². The minimum atomic E-state index is 0.604. The molecule has 0 spiro atoms. The second kappa shape index (κ2) is 2.87. The van der Waals surface area contributed by atoms with Gasteiger partial charge in [0.1, 0.15) is 13.2 Å². The Hall–Kier alpha value is -0.890. The molecule has 2 rings (SSSR count). The van der Waals surface area contributed by atoms with E-state index in [2.05, 4.69) is 0 Å². The van der Waals surface area contributed by atoms with Gasteiger partial charge in [-0.05, 0) is 18.6 Å². The molecule has 0 fully saturated rings. The molecule has 0 amide bonds. The van der Waals surface area contributed by atoms with Crippen LogP contribution >= 0.6 is 11.6 Å². The highest BCUT2D eigenvalue weighted by molar-refractivity contribution is 6.30. The topological polar surface area (TPSA) is 18.5 Å². The predicted molar refractivity (Wildman–Crippen MR) is 47.2 cm³/mol. The molecule has 0 bridgehead atoms. The summed E-state index contributed by atoms with van der Waals surface area (Å²) in [4.78, 5) is 0. The lowest BCUT2D eigenvalue weighted by Gasteiger charge is -2.20. The zero-order chi connectivity index (χ0) is 8.55. The first kappa shape index (κ1) is 7.74. The first-order valence-corrected chi connectivity index (χ1v) is 4.21. The van der Waals surface area contributed by atoms with Gasteiger partial charge in [-0.3, -0.25) is 0 Å². The van der Waals surface area contributed by atoms with Crippen LogP contribution < -0.4 is 9.47 Å². The molecule has 1 heterocycles. The van der Waals surface area contributed by atoms with Crippen molar-refractivity contribution >= 4 is 11.6 Å². The molecule has 1 aromatic rings. The van der Waals surface area contributed by atoms with Gasteiger partial charge in [-0.2, -0.15) is 0 Å². The summed E-state index contributed by atoms with van der Waals surface area (Å²) in [5.41, 5.74) is 1.03. The summed E-state index contributed by atoms with van der Waals surface area (Å²) in [7, 11) is 0. The van der Waals surface area contributed by atoms with Crippen LogP contribution in [0.5, 0.6) is 11.5 Å². The zero-order valence-electron chi connectivity index (χ0n) is 6.76. The number of hydrogen-bond donors (Lipinski definition) is 0. The summed E-state index contributed by atoms with van der Waals surface area (Å²) in [6, 6.07) is 3.65. The van der Waals surface area contributed by atoms with E-state index in [1.165, 1.54) is 0 Å². The largest absolute Gasteiger partial charge is 0.486 e. The number of aryl methyl sites for hydroxylation is 1. The molecule has 3 heteroatoms. The van der Waals surface area contributed by atoms with Crippen LogP contribution in [0.3, 0.4) is 0 Å². The van der Waals surface area contributed by atoms with E-state index in [1.807, 2.05) is 13.0 Å². The highest BCUT2D eigenvalue weighted by atomic mass is 35.5. The van der Waals surface area contributed by atoms with E-state index in [0.29, 0.717) is 18.2 Å². The smallest absolute Gasteiger partial charge is 0.164 e. The fourth-order valence-electron chi connectivity index (χ4n) is 1.29. The Morgan fingerprint density at radius 2 is 2.00 bits per heavy atom. The Morgan fingerprint density at radius 3 is 2.83 bits per heavy atom. The first-order valence-electron chi connectivity index (χ1n) is 3.83. The van der Waals surface area contributed by atoms with Crippen LogP contribution in [-0.4, -0.2) is 13.2 Å². The van der Waals surface area contributed by atoms with Crippen LogP contribution in [0.1, 0.15) is 5.56 Å². The normalized spacial score (nSPS) is 14.5. The Bertz CT molecular complexity index is 310. The maximum Gasteiger partial charge on any atom is 0.164 e. The van der Waals surface area contributed by atoms with Crippen molar-refractivity contribution in [3.63, 3.8) is 0 Å². The van der Waals surface area contributed by atoms with Crippen molar-refractivity contribution in [1.29, 1.82) is 0 Å². The molecule has 0 aromatic heterocycles. The van der Waals surface area contributed by atoms with Gasteiger partial charge in [-0.15, -0.1) is 0 Å². The molecule has 0 saturated carbocycles. The van der Waals surface area contributed by atoms with Crippen LogP contribution in [0.4, 0.5) is 0 Å². The molecule has 12 heavy (non-hydrogen) atoms. The first-order chi connectivity index (χ1) is 5.77. The van der Waals surface area contributed by atoms with Crippen LogP contribution in [-0.2, 0) is 0 Å². The third-order valence-electron chi connectivity index (χ3n) is 1.79. The van der Waals surface area contributed by atoms with Crippen molar-refractivity contribution in [2.24, 2.45) is 0 Å². The van der Waals surface area contributed by atoms with Gasteiger partial charge < -0.3 is 9.47 Å². The molecule has 2 nitrogen and oxygen atoms in total. The van der Waals surface area contributed by atoms with E-state index in [1.54, 1.807) is 6.07 Å². The van der Waals surface area contributed by atoms with Crippen LogP contribution in [0.25, 0.3) is 0 Å². The zero-order valence-corrected chi connectivity index (χ0v) is 7.52. The highest BCUT2D eigenvalue weighted by Crippen LogP contribution is 2.35. The molecular formula is C9H9ClO2. The van der Waals surface area contributed by atoms with Crippen molar-refractivity contribution in [1.82, 2.24) is 0 Å². The SMILES string of the molecule is Cc1cc(Cl)cc2c1OCCO2. The Balaban J connectivity index is 2.53. The van der Waals surface area contributed by atoms with Gasteiger partial charge in [-0.25, -0.2) is 0 Å². The summed E-state index contributed by atoms with van der Waals surface area (Å²) in [6.07, 6.45) is 0. The lowest BCUT2D eigenvalue weighted by atomic mass is 10.2. The maximum absolute atomic E-state index is 5.85. The molecule has 0 radical (unpaired) electrons. The Kier molecular flexibility index (Phi) is 1.85. The lowest BCUT2D eigenvalue weighted by molar-refractivity contribution is 0.170. The fourth-order valence-corrected chi connectivity index (χ4v) is 1.55. The van der Waals surface area contributed by atoms with Gasteiger partial charge in [0.05, 0.1) is 0 Å². The average Bonchev–Trinajstić information content (AvgIpc) is 2.04. The Labute approximate surface area is 76.1 Å². The molecule has 1 aliphatic heterocycles. The third kappa shape index (κ3) is 1.23. The fraction of sp³-hybridized carbons (Fsp3) is 0.333. The van der Waals surface area contributed by atoms with E-state index in [9.17, 15) is 0 Å². The number of rotatable bonds is 0. The maximum atomic E-state index is 5.85. The van der Waals surface area contributed by atoms with Gasteiger partial charge in [0, 0.05) is 11.1 Å². The standard InChI is InChI=1S/C9H9ClO2/c1-6-4-7(10)5-8-9(6)12-3-2-11-8/h4-5H,2-3H2,1H3. The minimum Gasteiger partial charge on any atom is -0.486 e. The summed E-state index contributed by atoms with van der Waals surface area (Å²) in [5.74, 6) is 1.58. The van der Waals surface area contributed by atoms with Crippen molar-refractivity contribution < 1.29 is 9.47 Å². The lowest BCUT2D eigenvalue weighted by Crippen LogP contribution is -2.15. The van der Waals surface area contributed by atoms with Crippen molar-refractivity contribution in [2.45, 2.75) is 6.92 Å². The van der Waals surface area contributed by atoms with Crippen molar-refractivity contribution in [2.75, 3.05) is 13.2 Å². The van der Waals surface area contributed by atoms with Crippen molar-refractivity contribution in [3.8, 4) is 11.5 Å². The van der Waals surface area contributed by atoms with Crippen LogP contribution in [0.2, 0.25) is 5.02 Å². The molecule has 1 aromatic carbocycles. The van der Waals surface area contributed by atoms with Gasteiger partial charge in [0.2, 0.25) is 0 Å². The highest BCUT2D eigenvalue weighted by Gasteiger charge is 2.14. The molecule has 64 valence electrons. The van der Waals surface area contributed by atoms with Crippen LogP contribution in [0.15, 0.2) is 12.1 Å². The quantitative estimate of drug-likeness (QED) is 0.617.